The molecule has 2 aliphatic rings. The van der Waals surface area contributed by atoms with E-state index in [0.717, 1.165) is 26.0 Å². The lowest BCUT2D eigenvalue weighted by atomic mass is 10.0. The molecule has 2 fully saturated rings. The lowest BCUT2D eigenvalue weighted by Crippen LogP contribution is -2.47. The van der Waals surface area contributed by atoms with Gasteiger partial charge >= 0.3 is 0 Å². The SMILES string of the molecule is Cl.Cn1ccnc1C(=O)N[C@H]1CN[C@@H]2CCCO[C@H]12. The number of nitrogens with one attached hydrogen (secondary N) is 2. The summed E-state index contributed by atoms with van der Waals surface area (Å²) in [7, 11) is 1.81. The van der Waals surface area contributed by atoms with E-state index in [-0.39, 0.29) is 30.5 Å². The van der Waals surface area contributed by atoms with Crippen molar-refractivity contribution in [1.82, 2.24) is 20.2 Å². The molecule has 0 saturated carbocycles. The Morgan fingerprint density at radius 2 is 2.47 bits per heavy atom. The molecule has 3 atom stereocenters. The second-order valence-electron chi connectivity index (χ2n) is 4.93. The van der Waals surface area contributed by atoms with Crippen molar-refractivity contribution >= 4 is 18.3 Å². The third-order valence-corrected chi connectivity index (χ3v) is 3.70. The summed E-state index contributed by atoms with van der Waals surface area (Å²) in [6.45, 7) is 1.56. The van der Waals surface area contributed by atoms with Crippen molar-refractivity contribution in [3.8, 4) is 0 Å². The van der Waals surface area contributed by atoms with Crippen LogP contribution in [0, 0.1) is 0 Å². The first-order chi connectivity index (χ1) is 8.75. The van der Waals surface area contributed by atoms with Gasteiger partial charge in [0.05, 0.1) is 12.1 Å². The van der Waals surface area contributed by atoms with Crippen LogP contribution in [0.5, 0.6) is 0 Å². The van der Waals surface area contributed by atoms with E-state index in [4.69, 9.17) is 4.74 Å². The Bertz CT molecular complexity index is 451. The van der Waals surface area contributed by atoms with Crippen LogP contribution in [-0.4, -0.2) is 46.8 Å². The number of imidazole rings is 1. The van der Waals surface area contributed by atoms with Crippen molar-refractivity contribution in [1.29, 1.82) is 0 Å². The Labute approximate surface area is 118 Å². The van der Waals surface area contributed by atoms with Gasteiger partial charge in [-0.2, -0.15) is 0 Å². The maximum atomic E-state index is 12.1. The first-order valence-electron chi connectivity index (χ1n) is 6.39. The molecule has 0 unspecified atom stereocenters. The molecule has 7 heteroatoms. The summed E-state index contributed by atoms with van der Waals surface area (Å²) in [5.41, 5.74) is 0. The van der Waals surface area contributed by atoms with Gasteiger partial charge in [-0.1, -0.05) is 0 Å². The molecule has 2 saturated heterocycles. The van der Waals surface area contributed by atoms with Crippen molar-refractivity contribution in [2.75, 3.05) is 13.2 Å². The minimum atomic E-state index is -0.135. The Balaban J connectivity index is 0.00000133. The van der Waals surface area contributed by atoms with Gasteiger partial charge in [0.2, 0.25) is 0 Å². The Morgan fingerprint density at radius 1 is 1.63 bits per heavy atom. The zero-order valence-corrected chi connectivity index (χ0v) is 11.7. The van der Waals surface area contributed by atoms with Gasteiger partial charge in [-0.25, -0.2) is 4.98 Å². The molecule has 0 aliphatic carbocycles. The molecule has 19 heavy (non-hydrogen) atoms. The second-order valence-corrected chi connectivity index (χ2v) is 4.93. The van der Waals surface area contributed by atoms with E-state index in [1.807, 2.05) is 7.05 Å². The summed E-state index contributed by atoms with van der Waals surface area (Å²) in [4.78, 5) is 16.1. The highest BCUT2D eigenvalue weighted by atomic mass is 35.5. The third-order valence-electron chi connectivity index (χ3n) is 3.70. The van der Waals surface area contributed by atoms with Crippen LogP contribution in [0.25, 0.3) is 0 Å². The highest BCUT2D eigenvalue weighted by molar-refractivity contribution is 5.91. The number of aryl methyl sites for hydroxylation is 1. The number of hydrogen-bond acceptors (Lipinski definition) is 4. The molecule has 3 heterocycles. The first kappa shape index (κ1) is 14.3. The van der Waals surface area contributed by atoms with Crippen molar-refractivity contribution in [3.63, 3.8) is 0 Å². The van der Waals surface area contributed by atoms with Crippen LogP contribution in [0.3, 0.4) is 0 Å². The molecule has 2 aliphatic heterocycles. The summed E-state index contributed by atoms with van der Waals surface area (Å²) >= 11 is 0. The fourth-order valence-corrected chi connectivity index (χ4v) is 2.76. The number of ether oxygens (including phenoxy) is 1. The van der Waals surface area contributed by atoms with Gasteiger partial charge in [0.25, 0.3) is 5.91 Å². The van der Waals surface area contributed by atoms with E-state index in [1.165, 1.54) is 0 Å². The molecule has 0 aromatic carbocycles. The van der Waals surface area contributed by atoms with Crippen LogP contribution in [-0.2, 0) is 11.8 Å². The number of nitrogens with zero attached hydrogens (tertiary/aromatic N) is 2. The lowest BCUT2D eigenvalue weighted by molar-refractivity contribution is -0.00223. The second kappa shape index (κ2) is 5.90. The number of fused-ring (bicyclic) bond motifs is 1. The molecule has 106 valence electrons. The fraction of sp³-hybridized carbons (Fsp3) is 0.667. The quantitative estimate of drug-likeness (QED) is 0.809. The van der Waals surface area contributed by atoms with Crippen LogP contribution in [0.1, 0.15) is 23.5 Å². The molecular formula is C12H19ClN4O2. The average Bonchev–Trinajstić information content (AvgIpc) is 2.97. The molecule has 0 radical (unpaired) electrons. The number of hydrogen-bond donors (Lipinski definition) is 2. The van der Waals surface area contributed by atoms with Crippen molar-refractivity contribution in [2.24, 2.45) is 7.05 Å². The summed E-state index contributed by atoms with van der Waals surface area (Å²) in [6.07, 6.45) is 5.71. The zero-order valence-electron chi connectivity index (χ0n) is 10.8. The van der Waals surface area contributed by atoms with E-state index >= 15 is 0 Å². The molecule has 3 rings (SSSR count). The van der Waals surface area contributed by atoms with Gasteiger partial charge in [-0.05, 0) is 12.8 Å². The van der Waals surface area contributed by atoms with Crippen LogP contribution in [0.15, 0.2) is 12.4 Å². The third kappa shape index (κ3) is 2.75. The Kier molecular flexibility index (Phi) is 4.44. The molecule has 2 N–H and O–H groups in total. The largest absolute Gasteiger partial charge is 0.374 e. The molecule has 0 bridgehead atoms. The topological polar surface area (TPSA) is 68.2 Å². The smallest absolute Gasteiger partial charge is 0.287 e. The molecule has 6 nitrogen and oxygen atoms in total. The fourth-order valence-electron chi connectivity index (χ4n) is 2.76. The number of carbonyl (C=O) groups is 1. The average molecular weight is 287 g/mol. The lowest BCUT2D eigenvalue weighted by Gasteiger charge is -2.29. The predicted octanol–water partition coefficient (Wildman–Crippen LogP) is 0.0911. The zero-order chi connectivity index (χ0) is 12.5. The van der Waals surface area contributed by atoms with E-state index < -0.39 is 0 Å². The van der Waals surface area contributed by atoms with Gasteiger partial charge in [0, 0.05) is 38.6 Å². The molecule has 1 aromatic rings. The summed E-state index contributed by atoms with van der Waals surface area (Å²) in [5, 5.41) is 6.42. The number of amides is 1. The number of halogens is 1. The number of aromatic nitrogens is 2. The van der Waals surface area contributed by atoms with Crippen LogP contribution < -0.4 is 10.6 Å². The Hall–Kier alpha value is -1.11. The van der Waals surface area contributed by atoms with Gasteiger partial charge < -0.3 is 19.9 Å². The molecule has 1 aromatic heterocycles. The molecular weight excluding hydrogens is 268 g/mol. The summed E-state index contributed by atoms with van der Waals surface area (Å²) in [6, 6.07) is 0.421. The number of carbonyl (C=O) groups excluding carboxylic acids is 1. The van der Waals surface area contributed by atoms with Crippen LogP contribution >= 0.6 is 12.4 Å². The van der Waals surface area contributed by atoms with E-state index in [0.29, 0.717) is 11.9 Å². The predicted molar refractivity (Wildman–Crippen MR) is 72.5 cm³/mol. The van der Waals surface area contributed by atoms with Crippen molar-refractivity contribution in [3.05, 3.63) is 18.2 Å². The summed E-state index contributed by atoms with van der Waals surface area (Å²) < 4.78 is 7.48. The van der Waals surface area contributed by atoms with Crippen molar-refractivity contribution in [2.45, 2.75) is 31.0 Å². The molecule has 0 spiro atoms. The maximum absolute atomic E-state index is 12.1. The Morgan fingerprint density at radius 3 is 3.21 bits per heavy atom. The molecule has 1 amide bonds. The van der Waals surface area contributed by atoms with E-state index in [2.05, 4.69) is 15.6 Å². The standard InChI is InChI=1S/C12H18N4O2.ClH/c1-16-5-4-13-11(16)12(17)15-9-7-14-8-3-2-6-18-10(8)9;/h4-5,8-10,14H,2-3,6-7H2,1H3,(H,15,17);1H/t8-,9+,10+;/m1./s1. The van der Waals surface area contributed by atoms with E-state index in [1.54, 1.807) is 17.0 Å². The minimum absolute atomic E-state index is 0. The monoisotopic (exact) mass is 286 g/mol. The highest BCUT2D eigenvalue weighted by Crippen LogP contribution is 2.21. The highest BCUT2D eigenvalue weighted by Gasteiger charge is 2.39. The van der Waals surface area contributed by atoms with E-state index in [9.17, 15) is 4.79 Å². The number of rotatable bonds is 2. The summed E-state index contributed by atoms with van der Waals surface area (Å²) in [5.74, 6) is 0.304. The van der Waals surface area contributed by atoms with Crippen LogP contribution in [0.2, 0.25) is 0 Å². The van der Waals surface area contributed by atoms with Gasteiger partial charge in [0.1, 0.15) is 0 Å². The normalized spacial score (nSPS) is 29.4. The first-order valence-corrected chi connectivity index (χ1v) is 6.39. The maximum Gasteiger partial charge on any atom is 0.287 e. The van der Waals surface area contributed by atoms with Crippen LogP contribution in [0.4, 0.5) is 0 Å². The van der Waals surface area contributed by atoms with Gasteiger partial charge in [0.15, 0.2) is 5.82 Å². The minimum Gasteiger partial charge on any atom is -0.374 e. The van der Waals surface area contributed by atoms with Gasteiger partial charge in [-0.3, -0.25) is 4.79 Å². The van der Waals surface area contributed by atoms with Gasteiger partial charge in [-0.15, -0.1) is 12.4 Å². The van der Waals surface area contributed by atoms with Crippen molar-refractivity contribution < 1.29 is 9.53 Å².